The van der Waals surface area contributed by atoms with E-state index in [1.165, 1.54) is 0 Å². The number of hydrogen-bond acceptors (Lipinski definition) is 6. The molecule has 0 bridgehead atoms. The molecular weight excluding hydrogens is 366 g/mol. The molecule has 27 heavy (non-hydrogen) atoms. The summed E-state index contributed by atoms with van der Waals surface area (Å²) in [5, 5.41) is 17.7. The number of carboxylic acid groups (broad SMARTS) is 1. The van der Waals surface area contributed by atoms with E-state index in [9.17, 15) is 9.59 Å². The molecule has 0 unspecified atom stereocenters. The molecule has 0 aliphatic carbocycles. The monoisotopic (exact) mass is 385 g/mol. The molecule has 0 aliphatic rings. The van der Waals surface area contributed by atoms with E-state index in [1.807, 2.05) is 23.6 Å². The van der Waals surface area contributed by atoms with Crippen LogP contribution in [0.5, 0.6) is 0 Å². The first kappa shape index (κ1) is 18.8. The summed E-state index contributed by atoms with van der Waals surface area (Å²) in [7, 11) is 0. The fourth-order valence-electron chi connectivity index (χ4n) is 2.56. The highest BCUT2D eigenvalue weighted by Crippen LogP contribution is 2.21. The van der Waals surface area contributed by atoms with Gasteiger partial charge in [0.2, 0.25) is 17.6 Å². The maximum Gasteiger partial charge on any atom is 0.335 e. The van der Waals surface area contributed by atoms with Crippen LogP contribution in [0.25, 0.3) is 10.7 Å². The van der Waals surface area contributed by atoms with Gasteiger partial charge in [0.25, 0.3) is 0 Å². The summed E-state index contributed by atoms with van der Waals surface area (Å²) in [6.45, 7) is 0.463. The number of thiophene rings is 1. The van der Waals surface area contributed by atoms with Gasteiger partial charge in [-0.15, -0.1) is 11.3 Å². The van der Waals surface area contributed by atoms with Crippen LogP contribution in [0.15, 0.2) is 46.3 Å². The summed E-state index contributed by atoms with van der Waals surface area (Å²) in [6.07, 6.45) is 2.12. The number of amides is 1. The van der Waals surface area contributed by atoms with Crippen molar-refractivity contribution in [3.8, 4) is 10.7 Å². The van der Waals surface area contributed by atoms with Gasteiger partial charge in [-0.1, -0.05) is 23.4 Å². The second-order valence-electron chi connectivity index (χ2n) is 5.95. The third-order valence-corrected chi connectivity index (χ3v) is 4.78. The maximum absolute atomic E-state index is 11.9. The summed E-state index contributed by atoms with van der Waals surface area (Å²) in [6, 6.07) is 10.6. The van der Waals surface area contributed by atoms with Crippen molar-refractivity contribution < 1.29 is 19.2 Å². The molecule has 3 aromatic rings. The molecule has 0 fully saturated rings. The maximum atomic E-state index is 11.9. The molecule has 1 amide bonds. The number of carboxylic acids is 1. The Morgan fingerprint density at radius 2 is 2.07 bits per heavy atom. The molecule has 2 heterocycles. The van der Waals surface area contributed by atoms with Crippen LogP contribution in [-0.4, -0.2) is 33.7 Å². The van der Waals surface area contributed by atoms with Crippen LogP contribution in [0.2, 0.25) is 0 Å². The number of rotatable bonds is 9. The number of nitrogens with one attached hydrogen (secondary N) is 1. The third kappa shape index (κ3) is 5.49. The Morgan fingerprint density at radius 1 is 1.19 bits per heavy atom. The number of hydrogen-bond donors (Lipinski definition) is 2. The van der Waals surface area contributed by atoms with Crippen LogP contribution >= 0.6 is 11.3 Å². The summed E-state index contributed by atoms with van der Waals surface area (Å²) in [5.74, 6) is 0.0938. The Hall–Kier alpha value is -3.00. The zero-order valence-electron chi connectivity index (χ0n) is 14.6. The lowest BCUT2D eigenvalue weighted by Crippen LogP contribution is -2.25. The van der Waals surface area contributed by atoms with E-state index in [0.717, 1.165) is 10.4 Å². The van der Waals surface area contributed by atoms with Crippen LogP contribution in [0.3, 0.4) is 0 Å². The molecule has 8 heteroatoms. The van der Waals surface area contributed by atoms with Crippen molar-refractivity contribution in [1.29, 1.82) is 0 Å². The number of aromatic nitrogens is 2. The molecular formula is C19H19N3O4S. The molecule has 3 rings (SSSR count). The van der Waals surface area contributed by atoms with Crippen LogP contribution < -0.4 is 5.32 Å². The average Bonchev–Trinajstić information content (AvgIpc) is 3.33. The molecule has 2 N–H and O–H groups in total. The van der Waals surface area contributed by atoms with Crippen molar-refractivity contribution in [3.05, 3.63) is 58.8 Å². The lowest BCUT2D eigenvalue weighted by molar-refractivity contribution is -0.121. The highest BCUT2D eigenvalue weighted by molar-refractivity contribution is 7.13. The molecule has 0 aliphatic heterocycles. The van der Waals surface area contributed by atoms with E-state index in [0.29, 0.717) is 43.9 Å². The predicted molar refractivity (Wildman–Crippen MR) is 101 cm³/mol. The van der Waals surface area contributed by atoms with Gasteiger partial charge in [0.1, 0.15) is 0 Å². The van der Waals surface area contributed by atoms with Gasteiger partial charge in [-0.3, -0.25) is 4.79 Å². The molecule has 0 saturated heterocycles. The average molecular weight is 385 g/mol. The van der Waals surface area contributed by atoms with E-state index < -0.39 is 5.97 Å². The zero-order chi connectivity index (χ0) is 19.1. The van der Waals surface area contributed by atoms with E-state index in [4.69, 9.17) is 9.63 Å². The van der Waals surface area contributed by atoms with Crippen molar-refractivity contribution in [2.24, 2.45) is 0 Å². The summed E-state index contributed by atoms with van der Waals surface area (Å²) >= 11 is 1.55. The summed E-state index contributed by atoms with van der Waals surface area (Å²) < 4.78 is 5.21. The van der Waals surface area contributed by atoms with E-state index in [-0.39, 0.29) is 11.5 Å². The number of carbonyl (C=O) groups excluding carboxylic acids is 1. The first-order chi connectivity index (χ1) is 13.1. The van der Waals surface area contributed by atoms with Gasteiger partial charge in [-0.25, -0.2) is 4.79 Å². The van der Waals surface area contributed by atoms with Gasteiger partial charge in [0.05, 0.1) is 10.4 Å². The lowest BCUT2D eigenvalue weighted by Gasteiger charge is -2.05. The minimum atomic E-state index is -0.954. The second-order valence-corrected chi connectivity index (χ2v) is 6.90. The Balaban J connectivity index is 1.36. The molecule has 0 saturated carbocycles. The van der Waals surface area contributed by atoms with Crippen LogP contribution in [0, 0.1) is 0 Å². The van der Waals surface area contributed by atoms with Crippen LogP contribution in [-0.2, 0) is 17.6 Å². The molecule has 0 radical (unpaired) electrons. The molecule has 140 valence electrons. The Kier molecular flexibility index (Phi) is 6.32. The molecule has 0 atom stereocenters. The van der Waals surface area contributed by atoms with E-state index in [1.54, 1.807) is 29.5 Å². The van der Waals surface area contributed by atoms with Gasteiger partial charge in [0.15, 0.2) is 0 Å². The normalized spacial score (nSPS) is 10.7. The van der Waals surface area contributed by atoms with Crippen molar-refractivity contribution >= 4 is 23.2 Å². The minimum absolute atomic E-state index is 0.0533. The standard InChI is InChI=1S/C19H19N3O4S/c23-16(20-10-9-13-4-1-5-14(12-13)19(24)25)7-2-8-17-21-18(22-26-17)15-6-3-11-27-15/h1,3-6,11-12H,2,7-10H2,(H,20,23)(H,24,25). The first-order valence-electron chi connectivity index (χ1n) is 8.57. The first-order valence-corrected chi connectivity index (χ1v) is 9.45. The summed E-state index contributed by atoms with van der Waals surface area (Å²) in [4.78, 5) is 28.2. The molecule has 0 spiro atoms. The van der Waals surface area contributed by atoms with Crippen LogP contribution in [0.1, 0.15) is 34.7 Å². The van der Waals surface area contributed by atoms with Crippen molar-refractivity contribution in [3.63, 3.8) is 0 Å². The molecule has 1 aromatic carbocycles. The second kappa shape index (κ2) is 9.09. The van der Waals surface area contributed by atoms with Gasteiger partial charge in [0, 0.05) is 19.4 Å². The minimum Gasteiger partial charge on any atom is -0.478 e. The lowest BCUT2D eigenvalue weighted by atomic mass is 10.1. The van der Waals surface area contributed by atoms with Gasteiger partial charge in [-0.05, 0) is 42.0 Å². The van der Waals surface area contributed by atoms with Crippen LogP contribution in [0.4, 0.5) is 0 Å². The van der Waals surface area contributed by atoms with Gasteiger partial charge >= 0.3 is 5.97 Å². The fraction of sp³-hybridized carbons (Fsp3) is 0.263. The summed E-state index contributed by atoms with van der Waals surface area (Å²) in [5.41, 5.74) is 1.13. The topological polar surface area (TPSA) is 105 Å². The Bertz CT molecular complexity index is 905. The number of carbonyl (C=O) groups is 2. The number of nitrogens with zero attached hydrogens (tertiary/aromatic N) is 2. The van der Waals surface area contributed by atoms with E-state index >= 15 is 0 Å². The SMILES string of the molecule is O=C(CCCc1nc(-c2cccs2)no1)NCCc1cccc(C(=O)O)c1. The highest BCUT2D eigenvalue weighted by Gasteiger charge is 2.10. The Labute approximate surface area is 160 Å². The van der Waals surface area contributed by atoms with E-state index in [2.05, 4.69) is 15.5 Å². The molecule has 2 aromatic heterocycles. The predicted octanol–water partition coefficient (Wildman–Crippen LogP) is 3.18. The third-order valence-electron chi connectivity index (χ3n) is 3.91. The van der Waals surface area contributed by atoms with Crippen molar-refractivity contribution in [2.45, 2.75) is 25.7 Å². The molecule has 7 nitrogen and oxygen atoms in total. The van der Waals surface area contributed by atoms with Crippen molar-refractivity contribution in [2.75, 3.05) is 6.54 Å². The van der Waals surface area contributed by atoms with Gasteiger partial charge in [-0.2, -0.15) is 4.98 Å². The number of benzene rings is 1. The highest BCUT2D eigenvalue weighted by atomic mass is 32.1. The number of aryl methyl sites for hydroxylation is 1. The fourth-order valence-corrected chi connectivity index (χ4v) is 3.21. The number of aromatic carboxylic acids is 1. The van der Waals surface area contributed by atoms with Crippen molar-refractivity contribution in [1.82, 2.24) is 15.5 Å². The largest absolute Gasteiger partial charge is 0.478 e. The Morgan fingerprint density at radius 3 is 2.85 bits per heavy atom. The quantitative estimate of drug-likeness (QED) is 0.586. The smallest absolute Gasteiger partial charge is 0.335 e. The van der Waals surface area contributed by atoms with Gasteiger partial charge < -0.3 is 14.9 Å². The zero-order valence-corrected chi connectivity index (χ0v) is 15.4.